The highest BCUT2D eigenvalue weighted by Crippen LogP contribution is 2.39. The van der Waals surface area contributed by atoms with Crippen LogP contribution >= 0.6 is 0 Å². The lowest BCUT2D eigenvalue weighted by Crippen LogP contribution is -2.80. The molecule has 0 saturated carbocycles. The number of hydrogen-bond donors (Lipinski definition) is 1. The average molecular weight is 425 g/mol. The molecule has 1 aliphatic rings. The van der Waals surface area contributed by atoms with Gasteiger partial charge in [0, 0.05) is 13.1 Å². The van der Waals surface area contributed by atoms with Crippen LogP contribution in [0.25, 0.3) is 0 Å². The van der Waals surface area contributed by atoms with Crippen LogP contribution in [0.2, 0.25) is 5.04 Å². The van der Waals surface area contributed by atoms with Gasteiger partial charge in [-0.2, -0.15) is 0 Å². The summed E-state index contributed by atoms with van der Waals surface area (Å²) < 4.78 is 5.22. The molecule has 2 aromatic carbocycles. The number of esters is 1. The van der Waals surface area contributed by atoms with Crippen molar-refractivity contribution in [2.75, 3.05) is 26.2 Å². The minimum atomic E-state index is -2.34. The molecular formula is C25H36N2O2Si. The fourth-order valence-corrected chi connectivity index (χ4v) is 11.3. The Morgan fingerprint density at radius 3 is 2.13 bits per heavy atom. The molecule has 4 nitrogen and oxygen atoms in total. The van der Waals surface area contributed by atoms with Crippen LogP contribution in [0.3, 0.4) is 0 Å². The third-order valence-corrected chi connectivity index (χ3v) is 12.5. The second-order valence-corrected chi connectivity index (χ2v) is 13.9. The first kappa shape index (κ1) is 22.7. The van der Waals surface area contributed by atoms with Crippen LogP contribution in [0.1, 0.15) is 40.5 Å². The smallest absolute Gasteiger partial charge is 0.307 e. The van der Waals surface area contributed by atoms with E-state index in [1.165, 1.54) is 10.4 Å². The molecule has 1 saturated heterocycles. The lowest BCUT2D eigenvalue weighted by Gasteiger charge is -2.54. The fraction of sp³-hybridized carbons (Fsp3) is 0.480. The van der Waals surface area contributed by atoms with Crippen LogP contribution < -0.4 is 15.7 Å². The van der Waals surface area contributed by atoms with Gasteiger partial charge in [-0.15, -0.1) is 0 Å². The number of nitrogens with one attached hydrogen (secondary N) is 1. The van der Waals surface area contributed by atoms with Gasteiger partial charge in [-0.3, -0.25) is 9.69 Å². The van der Waals surface area contributed by atoms with Gasteiger partial charge < -0.3 is 10.1 Å². The summed E-state index contributed by atoms with van der Waals surface area (Å²) in [6.45, 7) is 12.2. The van der Waals surface area contributed by atoms with Crippen LogP contribution in [0, 0.1) is 0 Å². The van der Waals surface area contributed by atoms with E-state index in [0.29, 0.717) is 13.0 Å². The summed E-state index contributed by atoms with van der Waals surface area (Å²) >= 11 is 0. The standard InChI is InChI=1S/C25H36N2O2Si/c1-5-29-23(28)17-20-27-19-12-18-26-24(27)30(25(2,3)4,21-13-8-6-9-14-21)22-15-10-7-11-16-22/h6-11,13-16,24,26H,5,12,17-20H2,1-4H3. The zero-order valence-corrected chi connectivity index (χ0v) is 19.9. The molecule has 3 rings (SSSR count). The second-order valence-electron chi connectivity index (χ2n) is 9.09. The van der Waals surface area contributed by atoms with Crippen molar-refractivity contribution in [1.82, 2.24) is 10.2 Å². The molecule has 0 amide bonds. The highest BCUT2D eigenvalue weighted by atomic mass is 28.3. The summed E-state index contributed by atoms with van der Waals surface area (Å²) in [5.74, 6) is 0.106. The second kappa shape index (κ2) is 9.90. The zero-order chi connectivity index (χ0) is 21.6. The van der Waals surface area contributed by atoms with Gasteiger partial charge in [-0.25, -0.2) is 0 Å². The van der Waals surface area contributed by atoms with Crippen LogP contribution in [0.5, 0.6) is 0 Å². The summed E-state index contributed by atoms with van der Waals surface area (Å²) in [7, 11) is -2.34. The topological polar surface area (TPSA) is 41.6 Å². The van der Waals surface area contributed by atoms with Crippen molar-refractivity contribution < 1.29 is 9.53 Å². The highest BCUT2D eigenvalue weighted by molar-refractivity contribution is 7.05. The third-order valence-electron chi connectivity index (χ3n) is 6.28. The molecule has 1 unspecified atom stereocenters. The first-order valence-corrected chi connectivity index (χ1v) is 13.2. The minimum absolute atomic E-state index is 0.0624. The Balaban J connectivity index is 2.11. The van der Waals surface area contributed by atoms with Gasteiger partial charge in [0.15, 0.2) is 8.07 Å². The molecule has 1 N–H and O–H groups in total. The maximum Gasteiger partial charge on any atom is 0.307 e. The molecule has 0 spiro atoms. The number of carbonyl (C=O) groups excluding carboxylic acids is 1. The Kier molecular flexibility index (Phi) is 7.50. The molecule has 0 aliphatic carbocycles. The summed E-state index contributed by atoms with van der Waals surface area (Å²) in [5.41, 5.74) is 0. The molecule has 1 aliphatic heterocycles. The predicted octanol–water partition coefficient (Wildman–Crippen LogP) is 3.16. The monoisotopic (exact) mass is 424 g/mol. The van der Waals surface area contributed by atoms with Crippen LogP contribution in [0.15, 0.2) is 60.7 Å². The first-order valence-electron chi connectivity index (χ1n) is 11.2. The van der Waals surface area contributed by atoms with Crippen molar-refractivity contribution >= 4 is 24.4 Å². The summed E-state index contributed by atoms with van der Waals surface area (Å²) in [6, 6.07) is 22.1. The first-order chi connectivity index (χ1) is 14.4. The molecule has 0 radical (unpaired) electrons. The van der Waals surface area contributed by atoms with E-state index in [9.17, 15) is 4.79 Å². The average Bonchev–Trinajstić information content (AvgIpc) is 2.74. The maximum atomic E-state index is 12.1. The van der Waals surface area contributed by atoms with Crippen molar-refractivity contribution in [3.63, 3.8) is 0 Å². The Morgan fingerprint density at radius 1 is 1.07 bits per heavy atom. The van der Waals surface area contributed by atoms with Gasteiger partial charge in [0.1, 0.15) is 0 Å². The lowest BCUT2D eigenvalue weighted by molar-refractivity contribution is -0.143. The number of nitrogens with zero attached hydrogens (tertiary/aromatic N) is 1. The van der Waals surface area contributed by atoms with Gasteiger partial charge in [-0.05, 0) is 24.9 Å². The van der Waals surface area contributed by atoms with E-state index in [4.69, 9.17) is 4.74 Å². The van der Waals surface area contributed by atoms with E-state index in [1.54, 1.807) is 0 Å². The zero-order valence-electron chi connectivity index (χ0n) is 18.9. The Morgan fingerprint density at radius 2 is 1.63 bits per heavy atom. The van der Waals surface area contributed by atoms with Gasteiger partial charge in [-0.1, -0.05) is 91.8 Å². The molecule has 1 fully saturated rings. The van der Waals surface area contributed by atoms with Gasteiger partial charge in [0.25, 0.3) is 0 Å². The summed E-state index contributed by atoms with van der Waals surface area (Å²) in [4.78, 5) is 14.6. The SMILES string of the molecule is CCOC(=O)CCN1CCCNC1[Si](c1ccccc1)(c1ccccc1)C(C)(C)C. The fourth-order valence-electron chi connectivity index (χ4n) is 5.08. The van der Waals surface area contributed by atoms with Gasteiger partial charge in [0.2, 0.25) is 0 Å². The quantitative estimate of drug-likeness (QED) is 0.548. The van der Waals surface area contributed by atoms with Crippen molar-refractivity contribution in [2.24, 2.45) is 0 Å². The van der Waals surface area contributed by atoms with Gasteiger partial charge >= 0.3 is 5.97 Å². The third kappa shape index (κ3) is 4.53. The predicted molar refractivity (Wildman–Crippen MR) is 127 cm³/mol. The van der Waals surface area contributed by atoms with E-state index in [2.05, 4.69) is 91.7 Å². The molecule has 1 atom stereocenters. The molecule has 0 bridgehead atoms. The number of carbonyl (C=O) groups is 1. The summed E-state index contributed by atoms with van der Waals surface area (Å²) in [5, 5.41) is 6.84. The lowest BCUT2D eigenvalue weighted by atomic mass is 10.2. The molecule has 2 aromatic rings. The van der Waals surface area contributed by atoms with Crippen molar-refractivity contribution in [2.45, 2.75) is 51.4 Å². The van der Waals surface area contributed by atoms with Crippen molar-refractivity contribution in [3.8, 4) is 0 Å². The van der Waals surface area contributed by atoms with Crippen molar-refractivity contribution in [1.29, 1.82) is 0 Å². The molecule has 0 aromatic heterocycles. The van der Waals surface area contributed by atoms with E-state index in [-0.39, 0.29) is 16.8 Å². The minimum Gasteiger partial charge on any atom is -0.466 e. The number of rotatable bonds is 7. The maximum absolute atomic E-state index is 12.1. The van der Waals surface area contributed by atoms with E-state index in [0.717, 1.165) is 26.1 Å². The van der Waals surface area contributed by atoms with Gasteiger partial charge in [0.05, 0.1) is 18.8 Å². The Labute approximate surface area is 182 Å². The number of ether oxygens (including phenoxy) is 1. The molecule has 5 heteroatoms. The highest BCUT2D eigenvalue weighted by Gasteiger charge is 2.55. The van der Waals surface area contributed by atoms with Crippen LogP contribution in [0.4, 0.5) is 0 Å². The van der Waals surface area contributed by atoms with Crippen molar-refractivity contribution in [3.05, 3.63) is 60.7 Å². The molecule has 30 heavy (non-hydrogen) atoms. The molecule has 1 heterocycles. The van der Waals surface area contributed by atoms with Crippen LogP contribution in [-0.2, 0) is 9.53 Å². The molecule has 162 valence electrons. The van der Waals surface area contributed by atoms with Crippen LogP contribution in [-0.4, -0.2) is 51.0 Å². The number of benzene rings is 2. The number of hydrogen-bond acceptors (Lipinski definition) is 4. The largest absolute Gasteiger partial charge is 0.466 e. The van der Waals surface area contributed by atoms with E-state index in [1.807, 2.05) is 6.92 Å². The Hall–Kier alpha value is -1.95. The van der Waals surface area contributed by atoms with E-state index >= 15 is 0 Å². The molecular weight excluding hydrogens is 388 g/mol. The van der Waals surface area contributed by atoms with E-state index < -0.39 is 8.07 Å². The normalized spacial score (nSPS) is 18.2. The Bertz CT molecular complexity index is 765. The summed E-state index contributed by atoms with van der Waals surface area (Å²) in [6.07, 6.45) is 1.53.